The Kier molecular flexibility index (Phi) is 6.15. The summed E-state index contributed by atoms with van der Waals surface area (Å²) >= 11 is 0. The molecule has 0 N–H and O–H groups in total. The van der Waals surface area contributed by atoms with Crippen LogP contribution in [0, 0.1) is 5.92 Å². The molecule has 0 atom stereocenters. The quantitative estimate of drug-likeness (QED) is 0.638. The molecule has 0 saturated carbocycles. The fraction of sp³-hybridized carbons (Fsp3) is 0.292. The van der Waals surface area contributed by atoms with Crippen molar-refractivity contribution in [2.75, 3.05) is 13.1 Å². The number of piperidine rings is 1. The zero-order chi connectivity index (χ0) is 19.9. The SMILES string of the molecule is O=C(c1cc(OCc2ccccc2)ncn1)N1CCC(Cc2ccccc2)CC1. The monoisotopic (exact) mass is 387 g/mol. The van der Waals surface area contributed by atoms with Gasteiger partial charge < -0.3 is 9.64 Å². The highest BCUT2D eigenvalue weighted by Gasteiger charge is 2.25. The van der Waals surface area contributed by atoms with Gasteiger partial charge in [-0.1, -0.05) is 60.7 Å². The summed E-state index contributed by atoms with van der Waals surface area (Å²) < 4.78 is 5.73. The van der Waals surface area contributed by atoms with Crippen LogP contribution in [0.15, 0.2) is 73.1 Å². The molecule has 29 heavy (non-hydrogen) atoms. The molecule has 2 aromatic carbocycles. The Balaban J connectivity index is 1.31. The summed E-state index contributed by atoms with van der Waals surface area (Å²) in [6.45, 7) is 1.94. The average Bonchev–Trinajstić information content (AvgIpc) is 2.79. The number of nitrogens with zero attached hydrogens (tertiary/aromatic N) is 3. The summed E-state index contributed by atoms with van der Waals surface area (Å²) in [5.74, 6) is 0.998. The average molecular weight is 387 g/mol. The Bertz CT molecular complexity index is 923. The lowest BCUT2D eigenvalue weighted by Crippen LogP contribution is -2.39. The lowest BCUT2D eigenvalue weighted by atomic mass is 9.90. The van der Waals surface area contributed by atoms with E-state index in [-0.39, 0.29) is 5.91 Å². The molecule has 1 amide bonds. The van der Waals surface area contributed by atoms with Crippen LogP contribution < -0.4 is 4.74 Å². The third-order valence-electron chi connectivity index (χ3n) is 5.36. The molecule has 5 heteroatoms. The molecule has 0 bridgehead atoms. The van der Waals surface area contributed by atoms with E-state index in [0.29, 0.717) is 24.1 Å². The maximum atomic E-state index is 12.9. The van der Waals surface area contributed by atoms with Crippen LogP contribution in [0.25, 0.3) is 0 Å². The minimum atomic E-state index is -0.0462. The third kappa shape index (κ3) is 5.19. The van der Waals surface area contributed by atoms with Gasteiger partial charge in [0.05, 0.1) is 0 Å². The molecule has 1 aromatic heterocycles. The molecule has 1 fully saturated rings. The predicted octanol–water partition coefficient (Wildman–Crippen LogP) is 4.15. The van der Waals surface area contributed by atoms with E-state index in [1.54, 1.807) is 6.07 Å². The van der Waals surface area contributed by atoms with E-state index in [1.165, 1.54) is 11.9 Å². The third-order valence-corrected chi connectivity index (χ3v) is 5.36. The van der Waals surface area contributed by atoms with E-state index in [4.69, 9.17) is 4.74 Å². The van der Waals surface area contributed by atoms with E-state index in [9.17, 15) is 4.79 Å². The van der Waals surface area contributed by atoms with Crippen molar-refractivity contribution in [2.45, 2.75) is 25.9 Å². The number of rotatable bonds is 6. The van der Waals surface area contributed by atoms with Crippen molar-refractivity contribution in [1.82, 2.24) is 14.9 Å². The Morgan fingerprint density at radius 3 is 2.28 bits per heavy atom. The number of carbonyl (C=O) groups excluding carboxylic acids is 1. The van der Waals surface area contributed by atoms with Gasteiger partial charge in [0, 0.05) is 19.2 Å². The lowest BCUT2D eigenvalue weighted by molar-refractivity contribution is 0.0683. The van der Waals surface area contributed by atoms with Gasteiger partial charge in [-0.25, -0.2) is 9.97 Å². The number of hydrogen-bond donors (Lipinski definition) is 0. The molecule has 1 aliphatic rings. The highest BCUT2D eigenvalue weighted by Crippen LogP contribution is 2.23. The van der Waals surface area contributed by atoms with Gasteiger partial charge in [-0.15, -0.1) is 0 Å². The van der Waals surface area contributed by atoms with Crippen molar-refractivity contribution >= 4 is 5.91 Å². The minimum absolute atomic E-state index is 0.0462. The van der Waals surface area contributed by atoms with Gasteiger partial charge in [0.2, 0.25) is 5.88 Å². The lowest BCUT2D eigenvalue weighted by Gasteiger charge is -2.32. The van der Waals surface area contributed by atoms with Crippen LogP contribution in [0.2, 0.25) is 0 Å². The number of ether oxygens (including phenoxy) is 1. The van der Waals surface area contributed by atoms with Gasteiger partial charge >= 0.3 is 0 Å². The van der Waals surface area contributed by atoms with E-state index in [0.717, 1.165) is 37.9 Å². The van der Waals surface area contributed by atoms with Crippen LogP contribution in [-0.2, 0) is 13.0 Å². The minimum Gasteiger partial charge on any atom is -0.473 e. The van der Waals surface area contributed by atoms with Crippen molar-refractivity contribution in [1.29, 1.82) is 0 Å². The summed E-state index contributed by atoms with van der Waals surface area (Å²) in [5.41, 5.74) is 2.82. The Hall–Kier alpha value is -3.21. The maximum Gasteiger partial charge on any atom is 0.272 e. The number of aromatic nitrogens is 2. The van der Waals surface area contributed by atoms with Crippen molar-refractivity contribution in [3.63, 3.8) is 0 Å². The maximum absolute atomic E-state index is 12.9. The normalized spacial score (nSPS) is 14.6. The number of hydrogen-bond acceptors (Lipinski definition) is 4. The predicted molar refractivity (Wildman–Crippen MR) is 112 cm³/mol. The summed E-state index contributed by atoms with van der Waals surface area (Å²) in [4.78, 5) is 23.1. The molecule has 5 nitrogen and oxygen atoms in total. The first-order valence-corrected chi connectivity index (χ1v) is 10.1. The number of carbonyl (C=O) groups is 1. The highest BCUT2D eigenvalue weighted by molar-refractivity contribution is 5.92. The van der Waals surface area contributed by atoms with Crippen LogP contribution >= 0.6 is 0 Å². The Labute approximate surface area is 171 Å². The van der Waals surface area contributed by atoms with Crippen molar-refractivity contribution in [3.8, 4) is 5.88 Å². The summed E-state index contributed by atoms with van der Waals surface area (Å²) in [7, 11) is 0. The highest BCUT2D eigenvalue weighted by atomic mass is 16.5. The van der Waals surface area contributed by atoms with Gasteiger partial charge in [0.25, 0.3) is 5.91 Å². The van der Waals surface area contributed by atoms with E-state index in [2.05, 4.69) is 34.2 Å². The standard InChI is InChI=1S/C24H25N3O2/c28-24(27-13-11-20(12-14-27)15-19-7-3-1-4-8-19)22-16-23(26-18-25-22)29-17-21-9-5-2-6-10-21/h1-10,16,18,20H,11-15,17H2. The first-order valence-electron chi connectivity index (χ1n) is 10.1. The molecule has 4 rings (SSSR count). The second kappa shape index (κ2) is 9.32. The van der Waals surface area contributed by atoms with Crippen LogP contribution in [0.1, 0.15) is 34.5 Å². The van der Waals surface area contributed by atoms with Gasteiger partial charge in [0.1, 0.15) is 18.6 Å². The molecule has 1 aliphatic heterocycles. The van der Waals surface area contributed by atoms with Crippen LogP contribution in [-0.4, -0.2) is 33.9 Å². The van der Waals surface area contributed by atoms with Crippen LogP contribution in [0.5, 0.6) is 5.88 Å². The van der Waals surface area contributed by atoms with Crippen molar-refractivity contribution < 1.29 is 9.53 Å². The summed E-state index contributed by atoms with van der Waals surface area (Å²) in [6.07, 6.45) is 4.51. The summed E-state index contributed by atoms with van der Waals surface area (Å²) in [5, 5.41) is 0. The molecule has 1 saturated heterocycles. The molecule has 0 radical (unpaired) electrons. The molecule has 2 heterocycles. The van der Waals surface area contributed by atoms with E-state index in [1.807, 2.05) is 41.3 Å². The van der Waals surface area contributed by atoms with E-state index < -0.39 is 0 Å². The molecule has 3 aromatic rings. The largest absolute Gasteiger partial charge is 0.473 e. The molecular weight excluding hydrogens is 362 g/mol. The fourth-order valence-corrected chi connectivity index (χ4v) is 3.72. The first kappa shape index (κ1) is 19.1. The van der Waals surface area contributed by atoms with E-state index >= 15 is 0 Å². The second-order valence-corrected chi connectivity index (χ2v) is 7.44. The molecule has 0 unspecified atom stereocenters. The van der Waals surface area contributed by atoms with Gasteiger partial charge in [0.15, 0.2) is 0 Å². The Morgan fingerprint density at radius 2 is 1.59 bits per heavy atom. The number of likely N-dealkylation sites (tertiary alicyclic amines) is 1. The van der Waals surface area contributed by atoms with Gasteiger partial charge in [-0.05, 0) is 36.3 Å². The van der Waals surface area contributed by atoms with Crippen molar-refractivity contribution in [2.24, 2.45) is 5.92 Å². The van der Waals surface area contributed by atoms with Gasteiger partial charge in [-0.3, -0.25) is 4.79 Å². The van der Waals surface area contributed by atoms with Crippen LogP contribution in [0.4, 0.5) is 0 Å². The smallest absolute Gasteiger partial charge is 0.272 e. The van der Waals surface area contributed by atoms with Gasteiger partial charge in [-0.2, -0.15) is 0 Å². The Morgan fingerprint density at radius 1 is 0.931 bits per heavy atom. The topological polar surface area (TPSA) is 55.3 Å². The zero-order valence-electron chi connectivity index (χ0n) is 16.4. The fourth-order valence-electron chi connectivity index (χ4n) is 3.72. The van der Waals surface area contributed by atoms with Crippen LogP contribution in [0.3, 0.4) is 0 Å². The number of amides is 1. The second-order valence-electron chi connectivity index (χ2n) is 7.44. The summed E-state index contributed by atoms with van der Waals surface area (Å²) in [6, 6.07) is 22.1. The zero-order valence-corrected chi connectivity index (χ0v) is 16.4. The molecular formula is C24H25N3O2. The molecule has 148 valence electrons. The molecule has 0 aliphatic carbocycles. The first-order chi connectivity index (χ1) is 14.3. The van der Waals surface area contributed by atoms with Crippen molar-refractivity contribution in [3.05, 3.63) is 89.9 Å². The molecule has 0 spiro atoms. The number of benzene rings is 2.